The Hall–Kier alpha value is -2.65. The normalized spacial score (nSPS) is 13.0. The molecule has 0 atom stereocenters. The quantitative estimate of drug-likeness (QED) is 0.804. The number of benzene rings is 1. The fraction of sp³-hybridized carbons (Fsp3) is 0.235. The Morgan fingerprint density at radius 3 is 3.09 bits per heavy atom. The van der Waals surface area contributed by atoms with Crippen LogP contribution in [0.2, 0.25) is 0 Å². The summed E-state index contributed by atoms with van der Waals surface area (Å²) in [6, 6.07) is 9.10. The van der Waals surface area contributed by atoms with Crippen molar-refractivity contribution >= 4 is 21.6 Å². The predicted octanol–water partition coefficient (Wildman–Crippen LogP) is 2.92. The number of aryl methyl sites for hydroxylation is 2. The van der Waals surface area contributed by atoms with E-state index in [0.717, 1.165) is 29.5 Å². The number of aromatic nitrogens is 2. The van der Waals surface area contributed by atoms with E-state index < -0.39 is 0 Å². The number of H-pyrrole nitrogens is 1. The van der Waals surface area contributed by atoms with E-state index in [4.69, 9.17) is 10.00 Å². The first-order valence-electron chi connectivity index (χ1n) is 7.41. The molecule has 0 saturated heterocycles. The number of hydrogen-bond acceptors (Lipinski definition) is 5. The highest BCUT2D eigenvalue weighted by molar-refractivity contribution is 7.18. The van der Waals surface area contributed by atoms with Crippen molar-refractivity contribution < 1.29 is 4.74 Å². The third-order valence-electron chi connectivity index (χ3n) is 4.00. The lowest BCUT2D eigenvalue weighted by Gasteiger charge is -2.07. The third kappa shape index (κ3) is 2.39. The van der Waals surface area contributed by atoms with Crippen LogP contribution in [0.5, 0.6) is 5.75 Å². The molecule has 0 bridgehead atoms. The summed E-state index contributed by atoms with van der Waals surface area (Å²) in [4.78, 5) is 21.8. The van der Waals surface area contributed by atoms with Gasteiger partial charge in [-0.3, -0.25) is 4.79 Å². The van der Waals surface area contributed by atoms with Crippen LogP contribution in [0.4, 0.5) is 0 Å². The van der Waals surface area contributed by atoms with Crippen molar-refractivity contribution in [1.29, 1.82) is 5.26 Å². The van der Waals surface area contributed by atoms with Gasteiger partial charge in [-0.05, 0) is 37.0 Å². The molecule has 0 unspecified atom stereocenters. The Bertz CT molecular complexity index is 997. The first-order valence-corrected chi connectivity index (χ1v) is 8.23. The molecule has 0 amide bonds. The molecule has 1 N–H and O–H groups in total. The second-order valence-corrected chi connectivity index (χ2v) is 6.53. The van der Waals surface area contributed by atoms with Gasteiger partial charge < -0.3 is 9.72 Å². The molecule has 23 heavy (non-hydrogen) atoms. The van der Waals surface area contributed by atoms with Crippen LogP contribution < -0.4 is 10.3 Å². The molecule has 0 aliphatic heterocycles. The average Bonchev–Trinajstić information content (AvgIpc) is 3.13. The van der Waals surface area contributed by atoms with Crippen LogP contribution in [0.3, 0.4) is 0 Å². The van der Waals surface area contributed by atoms with Gasteiger partial charge in [-0.15, -0.1) is 11.3 Å². The summed E-state index contributed by atoms with van der Waals surface area (Å²) in [6.07, 6.45) is 3.12. The number of fused-ring (bicyclic) bond motifs is 3. The van der Waals surface area contributed by atoms with Gasteiger partial charge in [0, 0.05) is 4.88 Å². The van der Waals surface area contributed by atoms with E-state index in [1.807, 2.05) is 0 Å². The number of ether oxygens (including phenoxy) is 1. The molecular weight excluding hydrogens is 310 g/mol. The molecule has 6 heteroatoms. The van der Waals surface area contributed by atoms with Crippen molar-refractivity contribution in [2.45, 2.75) is 25.9 Å². The minimum Gasteiger partial charge on any atom is -0.484 e. The van der Waals surface area contributed by atoms with Crippen molar-refractivity contribution in [3.63, 3.8) is 0 Å². The highest BCUT2D eigenvalue weighted by Crippen LogP contribution is 2.34. The molecule has 1 aliphatic carbocycles. The molecule has 2 heterocycles. The number of hydrogen-bond donors (Lipinski definition) is 1. The number of nitriles is 1. The Morgan fingerprint density at radius 1 is 1.35 bits per heavy atom. The van der Waals surface area contributed by atoms with Gasteiger partial charge >= 0.3 is 0 Å². The lowest BCUT2D eigenvalue weighted by atomic mass is 10.2. The van der Waals surface area contributed by atoms with Gasteiger partial charge in [-0.1, -0.05) is 12.1 Å². The lowest BCUT2D eigenvalue weighted by Crippen LogP contribution is -2.13. The van der Waals surface area contributed by atoms with Crippen LogP contribution >= 0.6 is 11.3 Å². The fourth-order valence-corrected chi connectivity index (χ4v) is 4.23. The van der Waals surface area contributed by atoms with Gasteiger partial charge in [0.2, 0.25) is 0 Å². The summed E-state index contributed by atoms with van der Waals surface area (Å²) < 4.78 is 5.64. The van der Waals surface area contributed by atoms with E-state index >= 15 is 0 Å². The second kappa shape index (κ2) is 5.52. The van der Waals surface area contributed by atoms with Crippen LogP contribution in [-0.4, -0.2) is 9.97 Å². The van der Waals surface area contributed by atoms with E-state index in [2.05, 4.69) is 16.0 Å². The smallest absolute Gasteiger partial charge is 0.260 e. The van der Waals surface area contributed by atoms with Crippen LogP contribution in [0, 0.1) is 11.3 Å². The fourth-order valence-electron chi connectivity index (χ4n) is 2.95. The maximum atomic E-state index is 12.4. The maximum absolute atomic E-state index is 12.4. The number of aromatic amines is 1. The van der Waals surface area contributed by atoms with Gasteiger partial charge in [0.25, 0.3) is 5.56 Å². The van der Waals surface area contributed by atoms with E-state index in [9.17, 15) is 4.79 Å². The van der Waals surface area contributed by atoms with Crippen LogP contribution in [-0.2, 0) is 19.4 Å². The molecule has 1 aliphatic rings. The minimum absolute atomic E-state index is 0.0958. The van der Waals surface area contributed by atoms with Crippen LogP contribution in [0.1, 0.15) is 28.2 Å². The molecule has 0 fully saturated rings. The molecule has 0 spiro atoms. The zero-order valence-corrected chi connectivity index (χ0v) is 13.1. The zero-order chi connectivity index (χ0) is 15.8. The Morgan fingerprint density at radius 2 is 2.22 bits per heavy atom. The lowest BCUT2D eigenvalue weighted by molar-refractivity contribution is 0.295. The average molecular weight is 323 g/mol. The standard InChI is InChI=1S/C17H13N3O2S/c18-8-10-4-1-2-6-12(10)22-9-14-19-16(21)15-11-5-3-7-13(11)23-17(15)20-14/h1-2,4,6H,3,5,7,9H2,(H,19,20,21). The molecule has 0 saturated carbocycles. The van der Waals surface area contributed by atoms with Crippen LogP contribution in [0.15, 0.2) is 29.1 Å². The number of nitrogens with zero attached hydrogens (tertiary/aromatic N) is 2. The molecular formula is C17H13N3O2S. The Kier molecular flexibility index (Phi) is 3.36. The summed E-state index contributed by atoms with van der Waals surface area (Å²) in [5.74, 6) is 0.974. The first-order chi connectivity index (χ1) is 11.3. The van der Waals surface area contributed by atoms with Crippen molar-refractivity contribution in [3.8, 4) is 11.8 Å². The van der Waals surface area contributed by atoms with Crippen LogP contribution in [0.25, 0.3) is 10.2 Å². The van der Waals surface area contributed by atoms with Crippen molar-refractivity contribution in [1.82, 2.24) is 9.97 Å². The van der Waals surface area contributed by atoms with Gasteiger partial charge in [0.15, 0.2) is 0 Å². The first kappa shape index (κ1) is 14.0. The van der Waals surface area contributed by atoms with E-state index in [0.29, 0.717) is 17.1 Å². The van der Waals surface area contributed by atoms with Gasteiger partial charge in [-0.25, -0.2) is 4.98 Å². The summed E-state index contributed by atoms with van der Waals surface area (Å²) in [5.41, 5.74) is 1.54. The number of para-hydroxylation sites is 1. The Labute approximate surface area is 136 Å². The van der Waals surface area contributed by atoms with E-state index in [-0.39, 0.29) is 12.2 Å². The highest BCUT2D eigenvalue weighted by atomic mass is 32.1. The monoisotopic (exact) mass is 323 g/mol. The molecule has 0 radical (unpaired) electrons. The minimum atomic E-state index is -0.0958. The van der Waals surface area contributed by atoms with Crippen molar-refractivity contribution in [2.75, 3.05) is 0 Å². The number of thiophene rings is 1. The highest BCUT2D eigenvalue weighted by Gasteiger charge is 2.21. The van der Waals surface area contributed by atoms with Gasteiger partial charge in [0.1, 0.15) is 29.1 Å². The zero-order valence-electron chi connectivity index (χ0n) is 12.3. The van der Waals surface area contributed by atoms with Gasteiger partial charge in [-0.2, -0.15) is 5.26 Å². The van der Waals surface area contributed by atoms with Crippen molar-refractivity contribution in [2.24, 2.45) is 0 Å². The summed E-state index contributed by atoms with van der Waals surface area (Å²) in [6.45, 7) is 0.131. The number of nitrogens with one attached hydrogen (secondary N) is 1. The molecule has 4 rings (SSSR count). The molecule has 5 nitrogen and oxygen atoms in total. The third-order valence-corrected chi connectivity index (χ3v) is 5.18. The summed E-state index contributed by atoms with van der Waals surface area (Å²) >= 11 is 1.61. The largest absolute Gasteiger partial charge is 0.484 e. The second-order valence-electron chi connectivity index (χ2n) is 5.45. The molecule has 2 aromatic heterocycles. The Balaban J connectivity index is 1.66. The van der Waals surface area contributed by atoms with Crippen molar-refractivity contribution in [3.05, 3.63) is 56.4 Å². The molecule has 114 valence electrons. The maximum Gasteiger partial charge on any atom is 0.260 e. The van der Waals surface area contributed by atoms with E-state index in [1.165, 1.54) is 10.4 Å². The van der Waals surface area contributed by atoms with Gasteiger partial charge in [0.05, 0.1) is 10.9 Å². The molecule has 1 aromatic carbocycles. The summed E-state index contributed by atoms with van der Waals surface area (Å²) in [5, 5.41) is 9.81. The summed E-state index contributed by atoms with van der Waals surface area (Å²) in [7, 11) is 0. The number of rotatable bonds is 3. The topological polar surface area (TPSA) is 78.8 Å². The predicted molar refractivity (Wildman–Crippen MR) is 87.8 cm³/mol. The van der Waals surface area contributed by atoms with E-state index in [1.54, 1.807) is 35.6 Å². The SMILES string of the molecule is N#Cc1ccccc1OCc1nc2sc3c(c2c(=O)[nH]1)CCC3. The molecule has 3 aromatic rings.